The number of methoxy groups -OCH3 is 1. The van der Waals surface area contributed by atoms with Crippen molar-refractivity contribution >= 4 is 23.8 Å². The lowest BCUT2D eigenvalue weighted by Gasteiger charge is -2.35. The van der Waals surface area contributed by atoms with Gasteiger partial charge in [0.25, 0.3) is 11.8 Å². The summed E-state index contributed by atoms with van der Waals surface area (Å²) in [5.74, 6) is -1.60. The van der Waals surface area contributed by atoms with Crippen molar-refractivity contribution in [2.45, 2.75) is 46.1 Å². The first-order valence-corrected chi connectivity index (χ1v) is 10.5. The number of imide groups is 1. The zero-order valence-electron chi connectivity index (χ0n) is 19.3. The van der Waals surface area contributed by atoms with E-state index in [1.165, 1.54) is 48.4 Å². The minimum Gasteiger partial charge on any atom is -0.460 e. The second-order valence-electron chi connectivity index (χ2n) is 9.11. The summed E-state index contributed by atoms with van der Waals surface area (Å²) in [6, 6.07) is 6.07. The Kier molecular flexibility index (Phi) is 8.32. The molecule has 1 aliphatic heterocycles. The number of esters is 2. The predicted molar refractivity (Wildman–Crippen MR) is 117 cm³/mol. The number of carbonyl (C=O) groups is 4. The Hall–Kier alpha value is -3.00. The van der Waals surface area contributed by atoms with E-state index < -0.39 is 17.5 Å². The molecule has 0 fully saturated rings. The maximum Gasteiger partial charge on any atom is 0.338 e. The second kappa shape index (κ2) is 10.5. The first-order chi connectivity index (χ1) is 14.9. The van der Waals surface area contributed by atoms with Crippen molar-refractivity contribution in [3.05, 3.63) is 47.5 Å². The topological polar surface area (TPSA) is 99.2 Å². The third kappa shape index (κ3) is 7.30. The summed E-state index contributed by atoms with van der Waals surface area (Å²) in [5.41, 5.74) is -0.416. The monoisotopic (exact) mass is 445 g/mol. The van der Waals surface area contributed by atoms with Crippen LogP contribution in [0, 0.1) is 5.41 Å². The first kappa shape index (κ1) is 25.3. The van der Waals surface area contributed by atoms with E-state index in [4.69, 9.17) is 14.2 Å². The predicted octanol–water partition coefficient (Wildman–Crippen LogP) is 3.16. The van der Waals surface area contributed by atoms with Gasteiger partial charge in [0.05, 0.1) is 17.7 Å². The van der Waals surface area contributed by atoms with E-state index in [1.54, 1.807) is 0 Å². The van der Waals surface area contributed by atoms with Crippen molar-refractivity contribution in [2.24, 2.45) is 5.41 Å². The summed E-state index contributed by atoms with van der Waals surface area (Å²) >= 11 is 0. The molecule has 0 unspecified atom stereocenters. The van der Waals surface area contributed by atoms with Gasteiger partial charge in [-0.05, 0) is 56.4 Å². The molecular weight excluding hydrogens is 414 g/mol. The number of hydrogen-bond acceptors (Lipinski definition) is 7. The zero-order valence-corrected chi connectivity index (χ0v) is 19.3. The molecular formula is C24H31NO7. The normalized spacial score (nSPS) is 14.1. The van der Waals surface area contributed by atoms with Gasteiger partial charge in [-0.25, -0.2) is 9.59 Å². The lowest BCUT2D eigenvalue weighted by Crippen LogP contribution is -2.37. The van der Waals surface area contributed by atoms with Crippen LogP contribution in [0.5, 0.6) is 0 Å². The lowest BCUT2D eigenvalue weighted by molar-refractivity contribution is -0.137. The second-order valence-corrected chi connectivity index (χ2v) is 9.11. The van der Waals surface area contributed by atoms with Crippen LogP contribution in [0.1, 0.15) is 61.3 Å². The SMILES string of the molecule is COCCOC(=O)c1ccc(C(=O)OC(C)(C)CC(C)(C)CCN2C(=O)C=CC2=O)cc1. The number of amides is 2. The summed E-state index contributed by atoms with van der Waals surface area (Å²) in [4.78, 5) is 49.3. The van der Waals surface area contributed by atoms with Gasteiger partial charge in [0.15, 0.2) is 0 Å². The molecule has 0 saturated carbocycles. The van der Waals surface area contributed by atoms with Crippen molar-refractivity contribution < 1.29 is 33.4 Å². The highest BCUT2D eigenvalue weighted by Crippen LogP contribution is 2.34. The fourth-order valence-corrected chi connectivity index (χ4v) is 3.70. The van der Waals surface area contributed by atoms with E-state index in [-0.39, 0.29) is 23.8 Å². The Morgan fingerprint density at radius 2 is 1.41 bits per heavy atom. The van der Waals surface area contributed by atoms with Gasteiger partial charge in [0.2, 0.25) is 0 Å². The largest absolute Gasteiger partial charge is 0.460 e. The average Bonchev–Trinajstić information content (AvgIpc) is 3.03. The summed E-state index contributed by atoms with van der Waals surface area (Å²) < 4.78 is 15.6. The molecule has 0 saturated heterocycles. The van der Waals surface area contributed by atoms with Crippen LogP contribution < -0.4 is 0 Å². The van der Waals surface area contributed by atoms with E-state index in [0.29, 0.717) is 37.1 Å². The van der Waals surface area contributed by atoms with Crippen LogP contribution in [0.2, 0.25) is 0 Å². The van der Waals surface area contributed by atoms with Gasteiger partial charge in [-0.15, -0.1) is 0 Å². The van der Waals surface area contributed by atoms with Crippen LogP contribution in [-0.4, -0.2) is 61.1 Å². The molecule has 8 nitrogen and oxygen atoms in total. The molecule has 1 aromatic rings. The molecule has 1 heterocycles. The van der Waals surface area contributed by atoms with E-state index in [0.717, 1.165) is 0 Å². The summed E-state index contributed by atoms with van der Waals surface area (Å²) in [6.07, 6.45) is 3.64. The summed E-state index contributed by atoms with van der Waals surface area (Å²) in [7, 11) is 1.52. The van der Waals surface area contributed by atoms with Crippen LogP contribution >= 0.6 is 0 Å². The number of benzene rings is 1. The molecule has 2 rings (SSSR count). The maximum atomic E-state index is 12.6. The Morgan fingerprint density at radius 1 is 0.875 bits per heavy atom. The molecule has 8 heteroatoms. The van der Waals surface area contributed by atoms with E-state index in [2.05, 4.69) is 0 Å². The van der Waals surface area contributed by atoms with Gasteiger partial charge in [0, 0.05) is 25.8 Å². The number of ether oxygens (including phenoxy) is 3. The Bertz CT molecular complexity index is 866. The molecule has 0 bridgehead atoms. The Labute approximate surface area is 188 Å². The van der Waals surface area contributed by atoms with Crippen molar-refractivity contribution in [1.82, 2.24) is 4.90 Å². The highest BCUT2D eigenvalue weighted by molar-refractivity contribution is 6.12. The van der Waals surface area contributed by atoms with Crippen LogP contribution in [-0.2, 0) is 23.8 Å². The summed E-state index contributed by atoms with van der Waals surface area (Å²) in [5, 5.41) is 0. The van der Waals surface area contributed by atoms with Crippen LogP contribution in [0.15, 0.2) is 36.4 Å². The molecule has 1 aromatic carbocycles. The molecule has 0 aliphatic carbocycles. The number of rotatable bonds is 11. The first-order valence-electron chi connectivity index (χ1n) is 10.5. The highest BCUT2D eigenvalue weighted by atomic mass is 16.6. The average molecular weight is 446 g/mol. The molecule has 174 valence electrons. The molecule has 1 aliphatic rings. The third-order valence-electron chi connectivity index (χ3n) is 5.06. The fraction of sp³-hybridized carbons (Fsp3) is 0.500. The number of nitrogens with zero attached hydrogens (tertiary/aromatic N) is 1. The molecule has 2 amide bonds. The summed E-state index contributed by atoms with van der Waals surface area (Å²) in [6.45, 7) is 8.42. The van der Waals surface area contributed by atoms with Gasteiger partial charge < -0.3 is 14.2 Å². The number of hydrogen-bond donors (Lipinski definition) is 0. The standard InChI is InChI=1S/C24H31NO7/c1-23(2,12-13-25-19(26)10-11-20(25)27)16-24(3,4)32-22(29)18-8-6-17(7-9-18)21(28)31-15-14-30-5/h6-11H,12-16H2,1-5H3. The quantitative estimate of drug-likeness (QED) is 0.293. The molecule has 0 radical (unpaired) electrons. The van der Waals surface area contributed by atoms with E-state index in [1.807, 2.05) is 27.7 Å². The Balaban J connectivity index is 1.91. The minimum absolute atomic E-state index is 0.152. The maximum absolute atomic E-state index is 12.6. The Morgan fingerprint density at radius 3 is 1.94 bits per heavy atom. The van der Waals surface area contributed by atoms with Crippen LogP contribution in [0.25, 0.3) is 0 Å². The molecule has 0 spiro atoms. The lowest BCUT2D eigenvalue weighted by atomic mass is 9.79. The van der Waals surface area contributed by atoms with Crippen molar-refractivity contribution in [3.63, 3.8) is 0 Å². The molecule has 32 heavy (non-hydrogen) atoms. The van der Waals surface area contributed by atoms with E-state index >= 15 is 0 Å². The molecule has 0 aromatic heterocycles. The third-order valence-corrected chi connectivity index (χ3v) is 5.06. The van der Waals surface area contributed by atoms with Gasteiger partial charge in [-0.1, -0.05) is 13.8 Å². The van der Waals surface area contributed by atoms with Gasteiger partial charge >= 0.3 is 11.9 Å². The molecule has 0 atom stereocenters. The smallest absolute Gasteiger partial charge is 0.338 e. The highest BCUT2D eigenvalue weighted by Gasteiger charge is 2.34. The van der Waals surface area contributed by atoms with Crippen molar-refractivity contribution in [2.75, 3.05) is 26.9 Å². The van der Waals surface area contributed by atoms with E-state index in [9.17, 15) is 19.2 Å². The van der Waals surface area contributed by atoms with Gasteiger partial charge in [-0.3, -0.25) is 14.5 Å². The van der Waals surface area contributed by atoms with Crippen LogP contribution in [0.3, 0.4) is 0 Å². The van der Waals surface area contributed by atoms with Gasteiger partial charge in [-0.2, -0.15) is 0 Å². The number of carbonyl (C=O) groups excluding carboxylic acids is 4. The zero-order chi connectivity index (χ0) is 23.9. The van der Waals surface area contributed by atoms with Gasteiger partial charge in [0.1, 0.15) is 12.2 Å². The minimum atomic E-state index is -0.782. The molecule has 0 N–H and O–H groups in total. The van der Waals surface area contributed by atoms with Crippen LogP contribution in [0.4, 0.5) is 0 Å². The fourth-order valence-electron chi connectivity index (χ4n) is 3.70. The van der Waals surface area contributed by atoms with Crippen molar-refractivity contribution in [1.29, 1.82) is 0 Å². The van der Waals surface area contributed by atoms with Crippen molar-refractivity contribution in [3.8, 4) is 0 Å².